The maximum Gasteiger partial charge on any atom is 0.312 e. The molecule has 7 heteroatoms. The first kappa shape index (κ1) is 16.1. The fourth-order valence-electron chi connectivity index (χ4n) is 2.36. The molecule has 0 spiro atoms. The van der Waals surface area contributed by atoms with Gasteiger partial charge in [0.25, 0.3) is 0 Å². The van der Waals surface area contributed by atoms with E-state index in [4.69, 9.17) is 16.2 Å². The van der Waals surface area contributed by atoms with Gasteiger partial charge in [0.05, 0.1) is 0 Å². The molecule has 0 saturated heterocycles. The molecule has 1 rings (SSSR count). The summed E-state index contributed by atoms with van der Waals surface area (Å²) in [6.07, 6.45) is 0.701. The van der Waals surface area contributed by atoms with Crippen LogP contribution in [0.15, 0.2) is 0 Å². The number of methoxy groups -OCH3 is 1. The number of ether oxygens (including phenoxy) is 1. The molecule has 6 nitrogen and oxygen atoms in total. The fraction of sp³-hybridized carbons (Fsp3) is 0.800. The molecule has 0 aliphatic heterocycles. The van der Waals surface area contributed by atoms with Crippen molar-refractivity contribution in [2.75, 3.05) is 7.11 Å². The Labute approximate surface area is 106 Å². The fourth-order valence-corrected chi connectivity index (χ4v) is 2.36. The maximum atomic E-state index is 11.4. The Morgan fingerprint density at radius 3 is 2.18 bits per heavy atom. The monoisotopic (exact) mass is 266 g/mol. The number of hydrogen-bond acceptors (Lipinski definition) is 4. The minimum absolute atomic E-state index is 0. The van der Waals surface area contributed by atoms with Crippen LogP contribution in [0.25, 0.3) is 0 Å². The number of hydrogen-bond donors (Lipinski definition) is 3. The van der Waals surface area contributed by atoms with Crippen LogP contribution < -0.4 is 11.5 Å². The lowest BCUT2D eigenvalue weighted by atomic mass is 9.68. The van der Waals surface area contributed by atoms with Gasteiger partial charge in [-0.05, 0) is 25.7 Å². The molecular weight excluding hydrogens is 248 g/mol. The molecule has 1 unspecified atom stereocenters. The molecule has 0 radical (unpaired) electrons. The third kappa shape index (κ3) is 3.08. The Morgan fingerprint density at radius 2 is 1.88 bits per heavy atom. The summed E-state index contributed by atoms with van der Waals surface area (Å²) >= 11 is 0. The van der Waals surface area contributed by atoms with Crippen molar-refractivity contribution in [3.63, 3.8) is 0 Å². The van der Waals surface area contributed by atoms with E-state index in [-0.39, 0.29) is 18.4 Å². The van der Waals surface area contributed by atoms with Crippen molar-refractivity contribution in [3.8, 4) is 0 Å². The molecule has 1 aliphatic carbocycles. The van der Waals surface area contributed by atoms with Crippen molar-refractivity contribution < 1.29 is 19.4 Å². The summed E-state index contributed by atoms with van der Waals surface area (Å²) in [6, 6.07) is -0.00198. The molecule has 1 atom stereocenters. The molecule has 1 fully saturated rings. The molecule has 1 saturated carbocycles. The van der Waals surface area contributed by atoms with Crippen LogP contribution in [0, 0.1) is 5.41 Å². The number of aliphatic carboxylic acids is 1. The van der Waals surface area contributed by atoms with Gasteiger partial charge in [-0.3, -0.25) is 9.59 Å². The largest absolute Gasteiger partial charge is 0.481 e. The second-order valence-corrected chi connectivity index (χ2v) is 4.32. The zero-order valence-electron chi connectivity index (χ0n) is 9.72. The number of carbonyl (C=O) groups excluding carboxylic acids is 1. The van der Waals surface area contributed by atoms with Crippen molar-refractivity contribution in [3.05, 3.63) is 0 Å². The topological polar surface area (TPSA) is 116 Å². The molecule has 1 amide bonds. The zero-order chi connectivity index (χ0) is 12.3. The van der Waals surface area contributed by atoms with Crippen molar-refractivity contribution in [2.24, 2.45) is 16.9 Å². The molecule has 17 heavy (non-hydrogen) atoms. The average molecular weight is 267 g/mol. The molecule has 100 valence electrons. The number of primary amides is 1. The lowest BCUT2D eigenvalue weighted by Gasteiger charge is -2.39. The summed E-state index contributed by atoms with van der Waals surface area (Å²) < 4.78 is 4.95. The summed E-state index contributed by atoms with van der Waals surface area (Å²) in [6.45, 7) is 0. The van der Waals surface area contributed by atoms with Gasteiger partial charge in [-0.25, -0.2) is 0 Å². The molecule has 5 N–H and O–H groups in total. The summed E-state index contributed by atoms with van der Waals surface area (Å²) in [7, 11) is 1.30. The Hall–Kier alpha value is -0.850. The summed E-state index contributed by atoms with van der Waals surface area (Å²) in [5.41, 5.74) is 9.69. The van der Waals surface area contributed by atoms with Gasteiger partial charge in [-0.1, -0.05) is 0 Å². The van der Waals surface area contributed by atoms with Crippen LogP contribution in [0.4, 0.5) is 0 Å². The highest BCUT2D eigenvalue weighted by molar-refractivity contribution is 5.88. The smallest absolute Gasteiger partial charge is 0.312 e. The van der Waals surface area contributed by atoms with Crippen molar-refractivity contribution >= 4 is 24.3 Å². The lowest BCUT2D eigenvalue weighted by Crippen LogP contribution is -2.53. The van der Waals surface area contributed by atoms with Gasteiger partial charge >= 0.3 is 5.97 Å². The van der Waals surface area contributed by atoms with Crippen LogP contribution in [-0.4, -0.2) is 36.2 Å². The first-order valence-corrected chi connectivity index (χ1v) is 5.25. The van der Waals surface area contributed by atoms with Crippen LogP contribution in [0.5, 0.6) is 0 Å². The zero-order valence-corrected chi connectivity index (χ0v) is 10.5. The first-order valence-electron chi connectivity index (χ1n) is 5.25. The summed E-state index contributed by atoms with van der Waals surface area (Å²) in [5, 5.41) is 9.30. The van der Waals surface area contributed by atoms with Crippen LogP contribution in [-0.2, 0) is 14.3 Å². The molecule has 0 aromatic heterocycles. The van der Waals surface area contributed by atoms with E-state index in [2.05, 4.69) is 0 Å². The lowest BCUT2D eigenvalue weighted by molar-refractivity contribution is -0.167. The van der Waals surface area contributed by atoms with Gasteiger partial charge in [0, 0.05) is 13.2 Å². The van der Waals surface area contributed by atoms with Crippen LogP contribution in [0.2, 0.25) is 0 Å². The SMILES string of the molecule is COC(C(N)=O)C1(C(=O)O)CCC(N)CC1.Cl. The highest BCUT2D eigenvalue weighted by atomic mass is 35.5. The van der Waals surface area contributed by atoms with Gasteiger partial charge in [0.15, 0.2) is 6.10 Å². The van der Waals surface area contributed by atoms with E-state index < -0.39 is 23.4 Å². The highest BCUT2D eigenvalue weighted by Crippen LogP contribution is 2.40. The van der Waals surface area contributed by atoms with E-state index in [1.54, 1.807) is 0 Å². The Kier molecular flexibility index (Phi) is 5.87. The number of halogens is 1. The van der Waals surface area contributed by atoms with E-state index in [0.717, 1.165) is 0 Å². The van der Waals surface area contributed by atoms with Gasteiger partial charge in [-0.2, -0.15) is 0 Å². The van der Waals surface area contributed by atoms with Gasteiger partial charge < -0.3 is 21.3 Å². The summed E-state index contributed by atoms with van der Waals surface area (Å²) in [5.74, 6) is -1.77. The van der Waals surface area contributed by atoms with E-state index in [0.29, 0.717) is 25.7 Å². The number of amides is 1. The van der Waals surface area contributed by atoms with Crippen molar-refractivity contribution in [1.29, 1.82) is 0 Å². The van der Waals surface area contributed by atoms with E-state index in [1.165, 1.54) is 7.11 Å². The normalized spacial score (nSPS) is 30.1. The standard InChI is InChI=1S/C10H18N2O4.ClH/c1-16-7(8(12)13)10(9(14)15)4-2-6(11)3-5-10;/h6-7H,2-5,11H2,1H3,(H2,12,13)(H,14,15);1H. The maximum absolute atomic E-state index is 11.4. The third-order valence-corrected chi connectivity index (χ3v) is 3.34. The summed E-state index contributed by atoms with van der Waals surface area (Å²) in [4.78, 5) is 22.6. The Bertz CT molecular complexity index is 290. The third-order valence-electron chi connectivity index (χ3n) is 3.34. The number of carbonyl (C=O) groups is 2. The number of nitrogens with two attached hydrogens (primary N) is 2. The van der Waals surface area contributed by atoms with Crippen LogP contribution >= 0.6 is 12.4 Å². The number of carboxylic acid groups (broad SMARTS) is 1. The predicted octanol–water partition coefficient (Wildman–Crippen LogP) is -0.119. The van der Waals surface area contributed by atoms with Crippen LogP contribution in [0.1, 0.15) is 25.7 Å². The molecule has 0 aromatic rings. The average Bonchev–Trinajstić information content (AvgIpc) is 2.21. The molecule has 0 heterocycles. The Morgan fingerprint density at radius 1 is 1.41 bits per heavy atom. The van der Waals surface area contributed by atoms with E-state index in [1.807, 2.05) is 0 Å². The van der Waals surface area contributed by atoms with Gasteiger partial charge in [-0.15, -0.1) is 12.4 Å². The van der Waals surface area contributed by atoms with Gasteiger partial charge in [0.2, 0.25) is 5.91 Å². The predicted molar refractivity (Wildman–Crippen MR) is 63.8 cm³/mol. The second-order valence-electron chi connectivity index (χ2n) is 4.32. The minimum Gasteiger partial charge on any atom is -0.481 e. The quantitative estimate of drug-likeness (QED) is 0.656. The van der Waals surface area contributed by atoms with Crippen molar-refractivity contribution in [2.45, 2.75) is 37.8 Å². The molecule has 0 bridgehead atoms. The minimum atomic E-state index is -1.21. The number of rotatable bonds is 4. The number of carboxylic acids is 1. The van der Waals surface area contributed by atoms with E-state index >= 15 is 0 Å². The van der Waals surface area contributed by atoms with E-state index in [9.17, 15) is 14.7 Å². The molecule has 0 aromatic carbocycles. The first-order chi connectivity index (χ1) is 7.44. The molecule has 1 aliphatic rings. The molecular formula is C10H19ClN2O4. The Balaban J connectivity index is 0.00000256. The highest BCUT2D eigenvalue weighted by Gasteiger charge is 2.50. The second kappa shape index (κ2) is 6.18. The van der Waals surface area contributed by atoms with Crippen molar-refractivity contribution in [1.82, 2.24) is 0 Å². The van der Waals surface area contributed by atoms with Gasteiger partial charge in [0.1, 0.15) is 5.41 Å². The van der Waals surface area contributed by atoms with Crippen LogP contribution in [0.3, 0.4) is 0 Å².